The van der Waals surface area contributed by atoms with Gasteiger partial charge in [0.15, 0.2) is 5.96 Å². The van der Waals surface area contributed by atoms with Crippen LogP contribution in [0.25, 0.3) is 0 Å². The zero-order valence-electron chi connectivity index (χ0n) is 16.7. The smallest absolute Gasteiger partial charge is 0.224 e. The Morgan fingerprint density at radius 2 is 1.78 bits per heavy atom. The van der Waals surface area contributed by atoms with Crippen LogP contribution in [0.4, 0.5) is 0 Å². The largest absolute Gasteiger partial charge is 0.357 e. The zero-order valence-corrected chi connectivity index (χ0v) is 16.7. The molecule has 2 fully saturated rings. The summed E-state index contributed by atoms with van der Waals surface area (Å²) in [5.41, 5.74) is 1.57. The molecule has 5 heteroatoms. The minimum Gasteiger partial charge on any atom is -0.357 e. The minimum absolute atomic E-state index is 0.162. The molecule has 0 bridgehead atoms. The number of rotatable bonds is 7. The number of amides is 1. The number of nitrogens with zero attached hydrogens (tertiary/aromatic N) is 2. The summed E-state index contributed by atoms with van der Waals surface area (Å²) in [7, 11) is 0. The van der Waals surface area contributed by atoms with Crippen LogP contribution in [0, 0.1) is 0 Å². The third-order valence-corrected chi connectivity index (χ3v) is 5.92. The van der Waals surface area contributed by atoms with Crippen molar-refractivity contribution in [3.05, 3.63) is 35.9 Å². The molecule has 1 aliphatic heterocycles. The molecule has 1 saturated carbocycles. The Labute approximate surface area is 163 Å². The fraction of sp³-hybridized carbons (Fsp3) is 0.636. The number of carbonyl (C=O) groups is 1. The van der Waals surface area contributed by atoms with Gasteiger partial charge in [0.05, 0.1) is 6.54 Å². The van der Waals surface area contributed by atoms with Crippen molar-refractivity contribution in [2.24, 2.45) is 4.99 Å². The van der Waals surface area contributed by atoms with Crippen molar-refractivity contribution < 1.29 is 4.79 Å². The molecule has 1 amide bonds. The summed E-state index contributed by atoms with van der Waals surface area (Å²) in [5, 5.41) is 6.69. The van der Waals surface area contributed by atoms with Crippen molar-refractivity contribution in [2.45, 2.75) is 57.3 Å². The maximum Gasteiger partial charge on any atom is 0.224 e. The van der Waals surface area contributed by atoms with Crippen LogP contribution >= 0.6 is 0 Å². The van der Waals surface area contributed by atoms with Gasteiger partial charge in [0.25, 0.3) is 0 Å². The Hall–Kier alpha value is -2.04. The normalized spacial score (nSPS) is 19.3. The van der Waals surface area contributed by atoms with Crippen LogP contribution in [-0.2, 0) is 10.2 Å². The van der Waals surface area contributed by atoms with Crippen LogP contribution in [0.5, 0.6) is 0 Å². The van der Waals surface area contributed by atoms with Crippen molar-refractivity contribution in [2.75, 3.05) is 32.7 Å². The van der Waals surface area contributed by atoms with Crippen LogP contribution < -0.4 is 10.6 Å². The second kappa shape index (κ2) is 9.77. The summed E-state index contributed by atoms with van der Waals surface area (Å²) >= 11 is 0. The molecule has 1 aromatic rings. The first kappa shape index (κ1) is 19.7. The van der Waals surface area contributed by atoms with E-state index in [1.54, 1.807) is 0 Å². The van der Waals surface area contributed by atoms with Crippen molar-refractivity contribution >= 4 is 11.9 Å². The Bertz CT molecular complexity index is 616. The molecule has 0 aromatic heterocycles. The van der Waals surface area contributed by atoms with Gasteiger partial charge in [-0.05, 0) is 38.2 Å². The lowest BCUT2D eigenvalue weighted by molar-refractivity contribution is -0.129. The van der Waals surface area contributed by atoms with Gasteiger partial charge in [-0.1, -0.05) is 43.2 Å². The van der Waals surface area contributed by atoms with E-state index in [0.717, 1.165) is 45.0 Å². The van der Waals surface area contributed by atoms with Crippen molar-refractivity contribution in [1.82, 2.24) is 15.5 Å². The predicted octanol–water partition coefficient (Wildman–Crippen LogP) is 3.07. The van der Waals surface area contributed by atoms with Gasteiger partial charge in [-0.15, -0.1) is 0 Å². The Kier molecular flexibility index (Phi) is 7.13. The summed E-state index contributed by atoms with van der Waals surface area (Å²) in [6, 6.07) is 10.8. The van der Waals surface area contributed by atoms with E-state index in [4.69, 9.17) is 4.99 Å². The van der Waals surface area contributed by atoms with Crippen molar-refractivity contribution in [1.29, 1.82) is 0 Å². The number of hydrogen-bond acceptors (Lipinski definition) is 2. The van der Waals surface area contributed by atoms with Crippen molar-refractivity contribution in [3.8, 4) is 0 Å². The molecule has 3 rings (SSSR count). The first-order valence-electron chi connectivity index (χ1n) is 10.6. The maximum atomic E-state index is 12.2. The molecule has 2 N–H and O–H groups in total. The number of nitrogens with one attached hydrogen (secondary N) is 2. The van der Waals surface area contributed by atoms with Gasteiger partial charge < -0.3 is 15.5 Å². The van der Waals surface area contributed by atoms with E-state index in [2.05, 4.69) is 47.9 Å². The van der Waals surface area contributed by atoms with E-state index in [-0.39, 0.29) is 11.3 Å². The van der Waals surface area contributed by atoms with Gasteiger partial charge in [0.1, 0.15) is 0 Å². The molecular weight excluding hydrogens is 336 g/mol. The average Bonchev–Trinajstić information content (AvgIpc) is 3.39. The van der Waals surface area contributed by atoms with E-state index in [0.29, 0.717) is 13.0 Å². The molecule has 0 spiro atoms. The summed E-state index contributed by atoms with van der Waals surface area (Å²) < 4.78 is 0. The molecule has 0 atom stereocenters. The number of guanidine groups is 1. The summed E-state index contributed by atoms with van der Waals surface area (Å²) in [6.45, 7) is 6.18. The molecule has 0 radical (unpaired) electrons. The highest BCUT2D eigenvalue weighted by Gasteiger charge is 2.35. The van der Waals surface area contributed by atoms with Crippen LogP contribution in [-0.4, -0.2) is 49.5 Å². The second-order valence-electron chi connectivity index (χ2n) is 7.81. The fourth-order valence-corrected chi connectivity index (χ4v) is 4.37. The van der Waals surface area contributed by atoms with Gasteiger partial charge in [-0.25, -0.2) is 0 Å². The Balaban J connectivity index is 1.58. The highest BCUT2D eigenvalue weighted by Crippen LogP contribution is 2.41. The molecule has 1 heterocycles. The van der Waals surface area contributed by atoms with E-state index < -0.39 is 0 Å². The standard InChI is InChI=1S/C22H34N4O/c1-2-23-21(24-15-12-20(27)26-16-8-9-17-26)25-18-22(13-6-7-14-22)19-10-4-3-5-11-19/h3-5,10-11H,2,6-9,12-18H2,1H3,(H2,23,24,25). The van der Waals surface area contributed by atoms with Crippen LogP contribution in [0.1, 0.15) is 57.4 Å². The Morgan fingerprint density at radius 3 is 2.44 bits per heavy atom. The Morgan fingerprint density at radius 1 is 1.07 bits per heavy atom. The minimum atomic E-state index is 0.162. The SMILES string of the molecule is CCNC(=NCC1(c2ccccc2)CCCC1)NCCC(=O)N1CCCC1. The molecular formula is C22H34N4O. The molecule has 1 saturated heterocycles. The second-order valence-corrected chi connectivity index (χ2v) is 7.81. The lowest BCUT2D eigenvalue weighted by atomic mass is 9.79. The summed E-state index contributed by atoms with van der Waals surface area (Å²) in [5.74, 6) is 1.08. The lowest BCUT2D eigenvalue weighted by Crippen LogP contribution is -2.40. The number of benzene rings is 1. The zero-order chi connectivity index (χ0) is 19.0. The highest BCUT2D eigenvalue weighted by molar-refractivity contribution is 5.81. The van der Waals surface area contributed by atoms with Crippen molar-refractivity contribution in [3.63, 3.8) is 0 Å². The van der Waals surface area contributed by atoms with Gasteiger partial charge in [0.2, 0.25) is 5.91 Å². The molecule has 148 valence electrons. The van der Waals surface area contributed by atoms with E-state index in [9.17, 15) is 4.79 Å². The molecule has 0 unspecified atom stereocenters. The number of likely N-dealkylation sites (tertiary alicyclic amines) is 1. The van der Waals surface area contributed by atoms with E-state index >= 15 is 0 Å². The summed E-state index contributed by atoms with van der Waals surface area (Å²) in [6.07, 6.45) is 7.78. The van der Waals surface area contributed by atoms with Crippen LogP contribution in [0.15, 0.2) is 35.3 Å². The monoisotopic (exact) mass is 370 g/mol. The third kappa shape index (κ3) is 5.24. The average molecular weight is 371 g/mol. The van der Waals surface area contributed by atoms with Crippen LogP contribution in [0.3, 0.4) is 0 Å². The number of carbonyl (C=O) groups excluding carboxylic acids is 1. The molecule has 1 aromatic carbocycles. The first-order chi connectivity index (χ1) is 13.2. The van der Waals surface area contributed by atoms with E-state index in [1.807, 2.05) is 4.90 Å². The van der Waals surface area contributed by atoms with Gasteiger partial charge in [-0.3, -0.25) is 9.79 Å². The number of aliphatic imine (C=N–C) groups is 1. The van der Waals surface area contributed by atoms with E-state index in [1.165, 1.54) is 31.2 Å². The maximum absolute atomic E-state index is 12.2. The van der Waals surface area contributed by atoms with Gasteiger partial charge in [0, 0.05) is 38.0 Å². The topological polar surface area (TPSA) is 56.7 Å². The summed E-state index contributed by atoms with van der Waals surface area (Å²) in [4.78, 5) is 19.1. The lowest BCUT2D eigenvalue weighted by Gasteiger charge is -2.28. The fourth-order valence-electron chi connectivity index (χ4n) is 4.37. The van der Waals surface area contributed by atoms with Gasteiger partial charge >= 0.3 is 0 Å². The highest BCUT2D eigenvalue weighted by atomic mass is 16.2. The quantitative estimate of drug-likeness (QED) is 0.573. The third-order valence-electron chi connectivity index (χ3n) is 5.92. The van der Waals surface area contributed by atoms with Gasteiger partial charge in [-0.2, -0.15) is 0 Å². The molecule has 27 heavy (non-hydrogen) atoms. The number of hydrogen-bond donors (Lipinski definition) is 2. The molecule has 1 aliphatic carbocycles. The molecule has 2 aliphatic rings. The van der Waals surface area contributed by atoms with Crippen LogP contribution in [0.2, 0.25) is 0 Å². The first-order valence-corrected chi connectivity index (χ1v) is 10.6. The predicted molar refractivity (Wildman–Crippen MR) is 111 cm³/mol. The molecule has 5 nitrogen and oxygen atoms in total.